The molecule has 1 aliphatic heterocycles. The number of carbonyl (C=O) groups excluding carboxylic acids is 1. The fourth-order valence-electron chi connectivity index (χ4n) is 1.93. The Balaban J connectivity index is 1.87. The van der Waals surface area contributed by atoms with Gasteiger partial charge < -0.3 is 9.73 Å². The average Bonchev–Trinajstić information content (AvgIpc) is 3.06. The van der Waals surface area contributed by atoms with Crippen molar-refractivity contribution < 1.29 is 9.21 Å². The molecule has 0 saturated carbocycles. The Morgan fingerprint density at radius 2 is 2.14 bits per heavy atom. The molecule has 0 aliphatic carbocycles. The summed E-state index contributed by atoms with van der Waals surface area (Å²) in [6, 6.07) is 9.66. The van der Waals surface area contributed by atoms with Gasteiger partial charge in [0.1, 0.15) is 5.76 Å². The Hall–Kier alpha value is -2.27. The molecule has 1 N–H and O–H groups in total. The molecule has 1 aromatic carbocycles. The molecule has 106 valence electrons. The summed E-state index contributed by atoms with van der Waals surface area (Å²) in [6.07, 6.45) is 3.29. The van der Waals surface area contributed by atoms with Crippen molar-refractivity contribution in [2.24, 2.45) is 4.99 Å². The van der Waals surface area contributed by atoms with Crippen LogP contribution in [0.5, 0.6) is 0 Å². The molecule has 0 bridgehead atoms. The van der Waals surface area contributed by atoms with Crippen LogP contribution in [0.3, 0.4) is 0 Å². The monoisotopic (exact) mass is 298 g/mol. The maximum atomic E-state index is 11.9. The molecule has 2 aromatic rings. The third kappa shape index (κ3) is 3.08. The normalized spacial score (nSPS) is 18.5. The summed E-state index contributed by atoms with van der Waals surface area (Å²) < 4.78 is 5.22. The van der Waals surface area contributed by atoms with Crippen LogP contribution in [0.4, 0.5) is 5.69 Å². The van der Waals surface area contributed by atoms with E-state index < -0.39 is 0 Å². The summed E-state index contributed by atoms with van der Waals surface area (Å²) in [4.78, 5) is 17.0. The maximum Gasteiger partial charge on any atom is 0.264 e. The van der Waals surface area contributed by atoms with Gasteiger partial charge >= 0.3 is 0 Å². The molecule has 0 unspecified atom stereocenters. The number of aryl methyl sites for hydroxylation is 2. The van der Waals surface area contributed by atoms with E-state index >= 15 is 0 Å². The number of aliphatic imine (C=N–C) groups is 1. The number of carbonyl (C=O) groups is 1. The molecule has 0 radical (unpaired) electrons. The number of amidine groups is 1. The van der Waals surface area contributed by atoms with Gasteiger partial charge in [0.25, 0.3) is 5.91 Å². The van der Waals surface area contributed by atoms with Crippen LogP contribution >= 0.6 is 11.8 Å². The molecule has 2 heterocycles. The first-order chi connectivity index (χ1) is 10.1. The number of rotatable bonds is 2. The first kappa shape index (κ1) is 13.7. The molecular weight excluding hydrogens is 284 g/mol. The van der Waals surface area contributed by atoms with Crippen molar-refractivity contribution in [1.29, 1.82) is 0 Å². The second-order valence-corrected chi connectivity index (χ2v) is 5.82. The van der Waals surface area contributed by atoms with Gasteiger partial charge in [-0.25, -0.2) is 4.99 Å². The van der Waals surface area contributed by atoms with Crippen LogP contribution in [0.15, 0.2) is 50.9 Å². The Morgan fingerprint density at radius 1 is 1.29 bits per heavy atom. The number of nitrogens with one attached hydrogen (secondary N) is 1. The van der Waals surface area contributed by atoms with Gasteiger partial charge in [-0.15, -0.1) is 0 Å². The van der Waals surface area contributed by atoms with Crippen LogP contribution in [-0.4, -0.2) is 11.1 Å². The molecule has 1 saturated heterocycles. The largest absolute Gasteiger partial charge is 0.465 e. The number of thioether (sulfide) groups is 1. The fraction of sp³-hybridized carbons (Fsp3) is 0.125. The lowest BCUT2D eigenvalue weighted by atomic mass is 10.1. The third-order valence-corrected chi connectivity index (χ3v) is 3.96. The summed E-state index contributed by atoms with van der Waals surface area (Å²) in [5.74, 6) is 0.501. The lowest BCUT2D eigenvalue weighted by Crippen LogP contribution is -2.19. The van der Waals surface area contributed by atoms with Gasteiger partial charge in [-0.05, 0) is 54.9 Å². The zero-order chi connectivity index (χ0) is 14.8. The van der Waals surface area contributed by atoms with Crippen molar-refractivity contribution in [2.75, 3.05) is 0 Å². The standard InChI is InChI=1S/C16H14N2O2S/c1-10-5-6-11(2)13(8-10)17-16-18-15(19)14(21-16)9-12-4-3-7-20-12/h3-9H,1-2H3,(H,17,18,19). The van der Waals surface area contributed by atoms with Crippen LogP contribution in [0.2, 0.25) is 0 Å². The number of nitrogens with zero attached hydrogens (tertiary/aromatic N) is 1. The van der Waals surface area contributed by atoms with Crippen molar-refractivity contribution in [2.45, 2.75) is 13.8 Å². The van der Waals surface area contributed by atoms with Crippen molar-refractivity contribution in [3.05, 3.63) is 58.4 Å². The Labute approximate surface area is 127 Å². The minimum atomic E-state index is -0.152. The molecule has 21 heavy (non-hydrogen) atoms. The van der Waals surface area contributed by atoms with Gasteiger partial charge in [0.2, 0.25) is 0 Å². The number of furan rings is 1. The number of benzene rings is 1. The van der Waals surface area contributed by atoms with E-state index in [1.165, 1.54) is 11.8 Å². The van der Waals surface area contributed by atoms with Crippen LogP contribution < -0.4 is 5.32 Å². The molecular formula is C16H14N2O2S. The van der Waals surface area contributed by atoms with Crippen LogP contribution in [0.1, 0.15) is 16.9 Å². The first-order valence-corrected chi connectivity index (χ1v) is 7.34. The topological polar surface area (TPSA) is 54.6 Å². The first-order valence-electron chi connectivity index (χ1n) is 6.52. The summed E-state index contributed by atoms with van der Waals surface area (Å²) in [5.41, 5.74) is 3.09. The number of hydrogen-bond acceptors (Lipinski definition) is 4. The summed E-state index contributed by atoms with van der Waals surface area (Å²) in [6.45, 7) is 4.02. The van der Waals surface area contributed by atoms with E-state index in [9.17, 15) is 4.79 Å². The van der Waals surface area contributed by atoms with Crippen LogP contribution in [-0.2, 0) is 4.79 Å². The van der Waals surface area contributed by atoms with Gasteiger partial charge in [-0.3, -0.25) is 4.79 Å². The highest BCUT2D eigenvalue weighted by atomic mass is 32.2. The quantitative estimate of drug-likeness (QED) is 0.858. The lowest BCUT2D eigenvalue weighted by Gasteiger charge is -2.02. The lowest BCUT2D eigenvalue weighted by molar-refractivity contribution is -0.115. The second kappa shape index (κ2) is 5.61. The second-order valence-electron chi connectivity index (χ2n) is 4.79. The van der Waals surface area contributed by atoms with Crippen molar-refractivity contribution in [3.8, 4) is 0 Å². The molecule has 3 rings (SSSR count). The van der Waals surface area contributed by atoms with Gasteiger partial charge in [0, 0.05) is 6.08 Å². The molecule has 0 spiro atoms. The highest BCUT2D eigenvalue weighted by molar-refractivity contribution is 8.18. The zero-order valence-electron chi connectivity index (χ0n) is 11.7. The molecule has 1 aliphatic rings. The Bertz CT molecular complexity index is 746. The van der Waals surface area contributed by atoms with Crippen molar-refractivity contribution in [1.82, 2.24) is 5.32 Å². The average molecular weight is 298 g/mol. The predicted octanol–water partition coefficient (Wildman–Crippen LogP) is 3.79. The summed E-state index contributed by atoms with van der Waals surface area (Å²) in [5, 5.41) is 3.36. The predicted molar refractivity (Wildman–Crippen MR) is 85.4 cm³/mol. The molecule has 1 aromatic heterocycles. The third-order valence-electron chi connectivity index (χ3n) is 3.05. The highest BCUT2D eigenvalue weighted by Crippen LogP contribution is 2.29. The van der Waals surface area contributed by atoms with Gasteiger partial charge in [0.05, 0.1) is 16.9 Å². The van der Waals surface area contributed by atoms with Crippen LogP contribution in [0, 0.1) is 13.8 Å². The van der Waals surface area contributed by atoms with Crippen molar-refractivity contribution >= 4 is 34.6 Å². The van der Waals surface area contributed by atoms with Gasteiger partial charge in [0.15, 0.2) is 5.17 Å². The fourth-order valence-corrected chi connectivity index (χ4v) is 2.75. The minimum absolute atomic E-state index is 0.152. The van der Waals surface area contributed by atoms with E-state index in [4.69, 9.17) is 4.42 Å². The van der Waals surface area contributed by atoms with Crippen LogP contribution in [0.25, 0.3) is 6.08 Å². The molecule has 0 atom stereocenters. The molecule has 1 amide bonds. The Morgan fingerprint density at radius 3 is 2.90 bits per heavy atom. The molecule has 4 nitrogen and oxygen atoms in total. The van der Waals surface area contributed by atoms with Crippen molar-refractivity contribution in [3.63, 3.8) is 0 Å². The Kier molecular flexibility index (Phi) is 3.66. The van der Waals surface area contributed by atoms with E-state index in [-0.39, 0.29) is 5.91 Å². The molecule has 5 heteroatoms. The number of amides is 1. The maximum absolute atomic E-state index is 11.9. The summed E-state index contributed by atoms with van der Waals surface area (Å²) >= 11 is 1.32. The van der Waals surface area contributed by atoms with Gasteiger partial charge in [-0.2, -0.15) is 0 Å². The summed E-state index contributed by atoms with van der Waals surface area (Å²) in [7, 11) is 0. The highest BCUT2D eigenvalue weighted by Gasteiger charge is 2.24. The van der Waals surface area contributed by atoms with E-state index in [1.807, 2.05) is 32.0 Å². The van der Waals surface area contributed by atoms with E-state index in [1.54, 1.807) is 24.5 Å². The van der Waals surface area contributed by atoms with E-state index in [2.05, 4.69) is 10.3 Å². The molecule has 1 fully saturated rings. The SMILES string of the molecule is Cc1ccc(C)c(N=C2NC(=O)C(=Cc3ccco3)S2)c1. The van der Waals surface area contributed by atoms with E-state index in [0.29, 0.717) is 15.8 Å². The van der Waals surface area contributed by atoms with E-state index in [0.717, 1.165) is 16.8 Å². The smallest absolute Gasteiger partial charge is 0.264 e. The number of hydrogen-bond donors (Lipinski definition) is 1. The minimum Gasteiger partial charge on any atom is -0.465 e. The van der Waals surface area contributed by atoms with Gasteiger partial charge in [-0.1, -0.05) is 12.1 Å². The zero-order valence-corrected chi connectivity index (χ0v) is 12.5.